The lowest BCUT2D eigenvalue weighted by Gasteiger charge is -2.33. The largest absolute Gasteiger partial charge is 0.389 e. The lowest BCUT2D eigenvalue weighted by atomic mass is 10.0. The molecule has 1 atom stereocenters. The zero-order valence-corrected chi connectivity index (χ0v) is 13.0. The number of rotatable bonds is 6. The predicted octanol–water partition coefficient (Wildman–Crippen LogP) is 3.58. The van der Waals surface area contributed by atoms with Crippen LogP contribution in [0.3, 0.4) is 0 Å². The Morgan fingerprint density at radius 1 is 1.26 bits per heavy atom. The Bertz CT molecular complexity index is 490. The number of nitrogens with zero attached hydrogens (tertiary/aromatic N) is 1. The molecule has 3 nitrogen and oxygen atoms in total. The van der Waals surface area contributed by atoms with Crippen molar-refractivity contribution in [2.24, 2.45) is 0 Å². The van der Waals surface area contributed by atoms with Crippen LogP contribution in [-0.2, 0) is 16.0 Å². The highest BCUT2D eigenvalue weighted by Gasteiger charge is 2.30. The van der Waals surface area contributed by atoms with E-state index in [0.29, 0.717) is 19.7 Å². The number of benzene rings is 1. The van der Waals surface area contributed by atoms with Crippen molar-refractivity contribution in [2.75, 3.05) is 19.7 Å². The second-order valence-electron chi connectivity index (χ2n) is 5.83. The summed E-state index contributed by atoms with van der Waals surface area (Å²) in [5.74, 6) is -0.432. The molecule has 23 heavy (non-hydrogen) atoms. The maximum Gasteiger partial charge on any atom is 0.389 e. The van der Waals surface area contributed by atoms with Gasteiger partial charge in [-0.25, -0.2) is 0 Å². The lowest BCUT2D eigenvalue weighted by Crippen LogP contribution is -2.45. The van der Waals surface area contributed by atoms with Gasteiger partial charge in [-0.15, -0.1) is 0 Å². The predicted molar refractivity (Wildman–Crippen MR) is 81.0 cm³/mol. The molecule has 1 amide bonds. The Morgan fingerprint density at radius 3 is 2.70 bits per heavy atom. The van der Waals surface area contributed by atoms with E-state index in [1.165, 1.54) is 10.5 Å². The van der Waals surface area contributed by atoms with Crippen molar-refractivity contribution in [1.29, 1.82) is 0 Å². The second kappa shape index (κ2) is 8.34. The first-order valence-corrected chi connectivity index (χ1v) is 7.94. The van der Waals surface area contributed by atoms with Crippen molar-refractivity contribution in [3.8, 4) is 0 Å². The number of hydrogen-bond donors (Lipinski definition) is 0. The van der Waals surface area contributed by atoms with E-state index in [-0.39, 0.29) is 6.10 Å². The van der Waals surface area contributed by atoms with Crippen LogP contribution < -0.4 is 0 Å². The van der Waals surface area contributed by atoms with E-state index >= 15 is 0 Å². The molecule has 1 saturated heterocycles. The van der Waals surface area contributed by atoms with E-state index < -0.39 is 24.9 Å². The zero-order chi connectivity index (χ0) is 16.7. The quantitative estimate of drug-likeness (QED) is 0.798. The topological polar surface area (TPSA) is 29.5 Å². The third-order valence-corrected chi connectivity index (χ3v) is 3.95. The molecule has 6 heteroatoms. The number of halogens is 3. The molecule has 1 heterocycles. The SMILES string of the molecule is O=C(CCC(F)(F)F)N1CCOC(CCCc2ccccc2)C1. The van der Waals surface area contributed by atoms with E-state index in [1.54, 1.807) is 0 Å². The Hall–Kier alpha value is -1.56. The van der Waals surface area contributed by atoms with Gasteiger partial charge in [0.2, 0.25) is 5.91 Å². The summed E-state index contributed by atoms with van der Waals surface area (Å²) in [5.41, 5.74) is 1.25. The molecule has 0 bridgehead atoms. The van der Waals surface area contributed by atoms with Gasteiger partial charge in [0.25, 0.3) is 0 Å². The molecular formula is C17H22F3NO2. The Labute approximate surface area is 134 Å². The van der Waals surface area contributed by atoms with E-state index in [0.717, 1.165) is 19.3 Å². The number of alkyl halides is 3. The molecule has 128 valence electrons. The minimum absolute atomic E-state index is 0.0812. The molecule has 0 spiro atoms. The number of carbonyl (C=O) groups excluding carboxylic acids is 1. The minimum Gasteiger partial charge on any atom is -0.375 e. The first-order valence-electron chi connectivity index (χ1n) is 7.94. The summed E-state index contributed by atoms with van der Waals surface area (Å²) in [6, 6.07) is 10.1. The zero-order valence-electron chi connectivity index (χ0n) is 13.0. The molecule has 0 saturated carbocycles. The average Bonchev–Trinajstić information content (AvgIpc) is 2.53. The van der Waals surface area contributed by atoms with Crippen LogP contribution in [0.25, 0.3) is 0 Å². The van der Waals surface area contributed by atoms with Crippen LogP contribution in [0.2, 0.25) is 0 Å². The van der Waals surface area contributed by atoms with E-state index in [2.05, 4.69) is 12.1 Å². The molecule has 1 fully saturated rings. The smallest absolute Gasteiger partial charge is 0.375 e. The van der Waals surface area contributed by atoms with Gasteiger partial charge in [0.15, 0.2) is 0 Å². The van der Waals surface area contributed by atoms with Gasteiger partial charge in [-0.05, 0) is 24.8 Å². The van der Waals surface area contributed by atoms with Crippen molar-refractivity contribution in [3.63, 3.8) is 0 Å². The summed E-state index contributed by atoms with van der Waals surface area (Å²) in [7, 11) is 0. The fourth-order valence-electron chi connectivity index (χ4n) is 2.71. The molecule has 1 aliphatic heterocycles. The highest BCUT2D eigenvalue weighted by atomic mass is 19.4. The number of carbonyl (C=O) groups is 1. The summed E-state index contributed by atoms with van der Waals surface area (Å²) in [6.07, 6.45) is -3.22. The second-order valence-corrected chi connectivity index (χ2v) is 5.83. The molecule has 0 aromatic heterocycles. The van der Waals surface area contributed by atoms with Gasteiger partial charge in [-0.3, -0.25) is 4.79 Å². The molecule has 1 aliphatic rings. The normalized spacial score (nSPS) is 18.9. The van der Waals surface area contributed by atoms with Gasteiger partial charge in [0.05, 0.1) is 19.1 Å². The summed E-state index contributed by atoms with van der Waals surface area (Å²) in [4.78, 5) is 13.4. The van der Waals surface area contributed by atoms with Crippen LogP contribution in [0, 0.1) is 0 Å². The van der Waals surface area contributed by atoms with Crippen LogP contribution in [-0.4, -0.2) is 42.8 Å². The molecule has 1 aromatic carbocycles. The molecule has 2 rings (SSSR count). The number of aryl methyl sites for hydroxylation is 1. The van der Waals surface area contributed by atoms with Crippen molar-refractivity contribution >= 4 is 5.91 Å². The first-order chi connectivity index (χ1) is 10.9. The van der Waals surface area contributed by atoms with Gasteiger partial charge >= 0.3 is 6.18 Å². The first kappa shape index (κ1) is 17.8. The molecule has 0 radical (unpaired) electrons. The van der Waals surface area contributed by atoms with Gasteiger partial charge < -0.3 is 9.64 Å². The Kier molecular flexibility index (Phi) is 6.45. The maximum atomic E-state index is 12.2. The van der Waals surface area contributed by atoms with Gasteiger partial charge in [0, 0.05) is 19.5 Å². The fourth-order valence-corrected chi connectivity index (χ4v) is 2.71. The maximum absolute atomic E-state index is 12.2. The number of morpholine rings is 1. The standard InChI is InChI=1S/C17H22F3NO2/c18-17(19,20)10-9-16(22)21-11-12-23-15(13-21)8-4-7-14-5-2-1-3-6-14/h1-3,5-6,15H,4,7-13H2. The molecule has 1 aromatic rings. The summed E-state index contributed by atoms with van der Waals surface area (Å²) in [6.45, 7) is 1.17. The average molecular weight is 329 g/mol. The third kappa shape index (κ3) is 6.60. The summed E-state index contributed by atoms with van der Waals surface area (Å²) >= 11 is 0. The molecule has 1 unspecified atom stereocenters. The summed E-state index contributed by atoms with van der Waals surface area (Å²) < 4.78 is 42.2. The lowest BCUT2D eigenvalue weighted by molar-refractivity contribution is -0.153. The number of amides is 1. The minimum atomic E-state index is -4.28. The van der Waals surface area contributed by atoms with Gasteiger partial charge in [-0.1, -0.05) is 30.3 Å². The highest BCUT2D eigenvalue weighted by molar-refractivity contribution is 5.76. The Morgan fingerprint density at radius 2 is 2.00 bits per heavy atom. The summed E-state index contributed by atoms with van der Waals surface area (Å²) in [5, 5.41) is 0. The van der Waals surface area contributed by atoms with E-state index in [1.807, 2.05) is 18.2 Å². The van der Waals surface area contributed by atoms with Crippen molar-refractivity contribution < 1.29 is 22.7 Å². The molecular weight excluding hydrogens is 307 g/mol. The molecule has 0 N–H and O–H groups in total. The molecule has 0 aliphatic carbocycles. The van der Waals surface area contributed by atoms with Gasteiger partial charge in [-0.2, -0.15) is 13.2 Å². The van der Waals surface area contributed by atoms with E-state index in [4.69, 9.17) is 4.74 Å². The van der Waals surface area contributed by atoms with Crippen molar-refractivity contribution in [2.45, 2.75) is 44.4 Å². The fraction of sp³-hybridized carbons (Fsp3) is 0.588. The number of ether oxygens (including phenoxy) is 1. The number of hydrogen-bond acceptors (Lipinski definition) is 2. The monoisotopic (exact) mass is 329 g/mol. The van der Waals surface area contributed by atoms with Gasteiger partial charge in [0.1, 0.15) is 0 Å². The van der Waals surface area contributed by atoms with Crippen LogP contribution in [0.1, 0.15) is 31.2 Å². The highest BCUT2D eigenvalue weighted by Crippen LogP contribution is 2.22. The van der Waals surface area contributed by atoms with E-state index in [9.17, 15) is 18.0 Å². The van der Waals surface area contributed by atoms with Crippen molar-refractivity contribution in [3.05, 3.63) is 35.9 Å². The van der Waals surface area contributed by atoms with Crippen LogP contribution >= 0.6 is 0 Å². The van der Waals surface area contributed by atoms with Crippen molar-refractivity contribution in [1.82, 2.24) is 4.90 Å². The van der Waals surface area contributed by atoms with Crippen LogP contribution in [0.5, 0.6) is 0 Å². The third-order valence-electron chi connectivity index (χ3n) is 3.95. The Balaban J connectivity index is 1.71. The van der Waals surface area contributed by atoms with Crippen LogP contribution in [0.15, 0.2) is 30.3 Å². The van der Waals surface area contributed by atoms with Crippen LogP contribution in [0.4, 0.5) is 13.2 Å².